The predicted octanol–water partition coefficient (Wildman–Crippen LogP) is 5.90. The molecule has 0 unspecified atom stereocenters. The van der Waals surface area contributed by atoms with Gasteiger partial charge >= 0.3 is 0 Å². The van der Waals surface area contributed by atoms with Crippen molar-refractivity contribution in [3.05, 3.63) is 99.0 Å². The first-order valence-corrected chi connectivity index (χ1v) is 11.2. The number of nitrogens with zero attached hydrogens (tertiary/aromatic N) is 1. The van der Waals surface area contributed by atoms with Crippen LogP contribution in [0, 0.1) is 11.8 Å². The number of hydrogen-bond acceptors (Lipinski definition) is 2. The fraction of sp³-hybridized carbons (Fsp3) is 0.167. The summed E-state index contributed by atoms with van der Waals surface area (Å²) >= 11 is 16.6. The van der Waals surface area contributed by atoms with Crippen molar-refractivity contribution in [1.82, 2.24) is 0 Å². The van der Waals surface area contributed by atoms with Crippen molar-refractivity contribution in [3.63, 3.8) is 0 Å². The topological polar surface area (TPSA) is 37.4 Å². The van der Waals surface area contributed by atoms with E-state index in [9.17, 15) is 9.59 Å². The van der Waals surface area contributed by atoms with Gasteiger partial charge in [0.2, 0.25) is 11.8 Å². The first-order chi connectivity index (χ1) is 14.5. The van der Waals surface area contributed by atoms with Crippen molar-refractivity contribution in [2.45, 2.75) is 10.2 Å². The first-order valence-electron chi connectivity index (χ1n) is 9.65. The van der Waals surface area contributed by atoms with E-state index >= 15 is 0 Å². The monoisotopic (exact) mass is 497 g/mol. The number of anilines is 1. The highest BCUT2D eigenvalue weighted by Crippen LogP contribution is 2.66. The van der Waals surface area contributed by atoms with Crippen molar-refractivity contribution in [3.8, 4) is 0 Å². The summed E-state index contributed by atoms with van der Waals surface area (Å²) in [7, 11) is 0. The zero-order valence-corrected chi connectivity index (χ0v) is 18.6. The van der Waals surface area contributed by atoms with Crippen LogP contribution in [0.15, 0.2) is 66.7 Å². The summed E-state index contributed by atoms with van der Waals surface area (Å²) in [5, 5.41) is 0.526. The van der Waals surface area contributed by atoms with Crippen LogP contribution in [0.25, 0.3) is 0 Å². The number of halogens is 3. The second kappa shape index (κ2) is 6.19. The molecule has 148 valence electrons. The quantitative estimate of drug-likeness (QED) is 0.309. The summed E-state index contributed by atoms with van der Waals surface area (Å²) in [4.78, 5) is 28.8. The smallest absolute Gasteiger partial charge is 0.239 e. The third-order valence-corrected chi connectivity index (χ3v) is 8.84. The Hall–Kier alpha value is -2.14. The molecule has 0 radical (unpaired) electrons. The third kappa shape index (κ3) is 2.07. The Morgan fingerprint density at radius 2 is 1.40 bits per heavy atom. The van der Waals surface area contributed by atoms with Crippen LogP contribution in [0.1, 0.15) is 28.2 Å². The molecule has 1 fully saturated rings. The van der Waals surface area contributed by atoms with Gasteiger partial charge in [-0.1, -0.05) is 93.7 Å². The number of imide groups is 1. The van der Waals surface area contributed by atoms with E-state index in [0.717, 1.165) is 22.3 Å². The molecule has 0 spiro atoms. The third-order valence-electron chi connectivity index (χ3n) is 6.69. The number of carbonyl (C=O) groups is 2. The fourth-order valence-corrected chi connectivity index (χ4v) is 7.16. The van der Waals surface area contributed by atoms with Crippen LogP contribution in [0.4, 0.5) is 5.69 Å². The molecular weight excluding hydrogens is 485 g/mol. The van der Waals surface area contributed by atoms with Crippen LogP contribution in [0.5, 0.6) is 0 Å². The summed E-state index contributed by atoms with van der Waals surface area (Å²) in [5.41, 5.74) is 4.63. The van der Waals surface area contributed by atoms with Gasteiger partial charge in [-0.3, -0.25) is 9.59 Å². The molecule has 4 aliphatic rings. The Bertz CT molecular complexity index is 1230. The minimum atomic E-state index is -0.772. The molecule has 2 atom stereocenters. The molecule has 3 aromatic rings. The number of benzene rings is 3. The summed E-state index contributed by atoms with van der Waals surface area (Å²) in [6.07, 6.45) is 0. The van der Waals surface area contributed by atoms with Crippen LogP contribution >= 0.6 is 39.1 Å². The normalized spacial score (nSPS) is 28.4. The second-order valence-electron chi connectivity index (χ2n) is 7.95. The molecule has 0 aromatic heterocycles. The number of carbonyl (C=O) groups excluding carboxylic acids is 2. The lowest BCUT2D eigenvalue weighted by molar-refractivity contribution is -0.122. The highest BCUT2D eigenvalue weighted by Gasteiger charge is 2.67. The maximum absolute atomic E-state index is 13.8. The maximum Gasteiger partial charge on any atom is 0.239 e. The molecule has 1 saturated heterocycles. The average Bonchev–Trinajstić information content (AvgIpc) is 3.02. The SMILES string of the molecule is O=C1[C@@H]2C3c4ccccc4C(Br)(c4ccccc43)[C@@H]2C(=O)N1c1cccc(Cl)c1Cl. The average molecular weight is 499 g/mol. The van der Waals surface area contributed by atoms with Crippen LogP contribution in [0.3, 0.4) is 0 Å². The van der Waals surface area contributed by atoms with Crippen molar-refractivity contribution in [2.24, 2.45) is 11.8 Å². The number of amides is 2. The molecule has 3 aliphatic carbocycles. The molecule has 0 saturated carbocycles. The molecule has 3 aromatic carbocycles. The van der Waals surface area contributed by atoms with E-state index in [1.807, 2.05) is 24.3 Å². The molecule has 7 rings (SSSR count). The molecule has 30 heavy (non-hydrogen) atoms. The maximum atomic E-state index is 13.8. The summed E-state index contributed by atoms with van der Waals surface area (Å²) < 4.78 is -0.772. The number of hydrogen-bond donors (Lipinski definition) is 0. The minimum Gasteiger partial charge on any atom is -0.274 e. The van der Waals surface area contributed by atoms with E-state index in [0.29, 0.717) is 10.7 Å². The Kier molecular flexibility index (Phi) is 3.84. The lowest BCUT2D eigenvalue weighted by Crippen LogP contribution is -2.50. The van der Waals surface area contributed by atoms with E-state index in [1.165, 1.54) is 4.90 Å². The Morgan fingerprint density at radius 3 is 2.03 bits per heavy atom. The van der Waals surface area contributed by atoms with E-state index in [1.54, 1.807) is 18.2 Å². The van der Waals surface area contributed by atoms with Crippen molar-refractivity contribution in [2.75, 3.05) is 4.90 Å². The van der Waals surface area contributed by atoms with Gasteiger partial charge in [-0.05, 0) is 34.4 Å². The second-order valence-corrected chi connectivity index (χ2v) is 9.99. The summed E-state index contributed by atoms with van der Waals surface area (Å²) in [5.74, 6) is -1.72. The van der Waals surface area contributed by atoms with Crippen LogP contribution in [-0.2, 0) is 13.9 Å². The highest BCUT2D eigenvalue weighted by molar-refractivity contribution is 9.09. The standard InChI is InChI=1S/C24H14BrCl2NO2/c25-24-14-8-3-1-6-12(14)18(13-7-2-4-9-15(13)24)19-20(24)23(30)28(22(19)29)17-11-5-10-16(26)21(17)27/h1-11,18-20H/t18?,19-,20+,24?/m1/s1. The summed E-state index contributed by atoms with van der Waals surface area (Å²) in [6.45, 7) is 0. The zero-order chi connectivity index (χ0) is 20.8. The van der Waals surface area contributed by atoms with Gasteiger partial charge in [-0.15, -0.1) is 0 Å². The van der Waals surface area contributed by atoms with Gasteiger partial charge in [-0.2, -0.15) is 0 Å². The lowest BCUT2D eigenvalue weighted by Gasteiger charge is -2.51. The molecule has 2 amide bonds. The van der Waals surface area contributed by atoms with E-state index in [-0.39, 0.29) is 22.8 Å². The Morgan fingerprint density at radius 1 is 0.800 bits per heavy atom. The fourth-order valence-electron chi connectivity index (χ4n) is 5.58. The van der Waals surface area contributed by atoms with E-state index < -0.39 is 16.2 Å². The highest BCUT2D eigenvalue weighted by atomic mass is 79.9. The van der Waals surface area contributed by atoms with Crippen molar-refractivity contribution >= 4 is 56.6 Å². The zero-order valence-electron chi connectivity index (χ0n) is 15.5. The van der Waals surface area contributed by atoms with Gasteiger partial charge in [0.15, 0.2) is 0 Å². The van der Waals surface area contributed by atoms with Crippen LogP contribution in [0.2, 0.25) is 10.0 Å². The molecule has 1 heterocycles. The number of alkyl halides is 1. The van der Waals surface area contributed by atoms with Crippen molar-refractivity contribution < 1.29 is 9.59 Å². The lowest BCUT2D eigenvalue weighted by atomic mass is 9.55. The first kappa shape index (κ1) is 18.6. The summed E-state index contributed by atoms with van der Waals surface area (Å²) in [6, 6.07) is 21.2. The number of rotatable bonds is 1. The van der Waals surface area contributed by atoms with Crippen LogP contribution in [-0.4, -0.2) is 11.8 Å². The van der Waals surface area contributed by atoms with Gasteiger partial charge < -0.3 is 0 Å². The van der Waals surface area contributed by atoms with Gasteiger partial charge in [0.05, 0.1) is 31.9 Å². The van der Waals surface area contributed by atoms with Gasteiger partial charge in [0.1, 0.15) is 0 Å². The van der Waals surface area contributed by atoms with Gasteiger partial charge in [-0.25, -0.2) is 4.90 Å². The van der Waals surface area contributed by atoms with E-state index in [4.69, 9.17) is 23.2 Å². The van der Waals surface area contributed by atoms with Crippen molar-refractivity contribution in [1.29, 1.82) is 0 Å². The molecule has 6 heteroatoms. The Balaban J connectivity index is 1.63. The van der Waals surface area contributed by atoms with E-state index in [2.05, 4.69) is 40.2 Å². The van der Waals surface area contributed by atoms with Gasteiger partial charge in [0, 0.05) is 5.92 Å². The molecular formula is C24H14BrCl2NO2. The minimum absolute atomic E-state index is 0.179. The van der Waals surface area contributed by atoms with Crippen LogP contribution < -0.4 is 4.90 Å². The van der Waals surface area contributed by atoms with Gasteiger partial charge in [0.25, 0.3) is 0 Å². The largest absolute Gasteiger partial charge is 0.274 e. The Labute approximate surface area is 191 Å². The molecule has 1 aliphatic heterocycles. The predicted molar refractivity (Wildman–Crippen MR) is 120 cm³/mol. The molecule has 2 bridgehead atoms. The molecule has 0 N–H and O–H groups in total. The molecule has 3 nitrogen and oxygen atoms in total.